The van der Waals surface area contributed by atoms with E-state index in [1.165, 1.54) is 0 Å². The van der Waals surface area contributed by atoms with Crippen LogP contribution in [0.2, 0.25) is 5.02 Å². The van der Waals surface area contributed by atoms with E-state index in [-0.39, 0.29) is 5.91 Å². The number of hydrogen-bond acceptors (Lipinski definition) is 7. The molecule has 0 saturated carbocycles. The Bertz CT molecular complexity index is 880. The molecule has 2 saturated heterocycles. The van der Waals surface area contributed by atoms with Crippen LogP contribution in [-0.2, 0) is 4.79 Å². The lowest BCUT2D eigenvalue weighted by Gasteiger charge is -2.28. The number of likely N-dealkylation sites (tertiary alicyclic amines) is 2. The van der Waals surface area contributed by atoms with Crippen LogP contribution in [-0.4, -0.2) is 75.2 Å². The van der Waals surface area contributed by atoms with Crippen molar-refractivity contribution in [3.63, 3.8) is 0 Å². The lowest BCUT2D eigenvalue weighted by Crippen LogP contribution is -2.36. The van der Waals surface area contributed by atoms with Crippen molar-refractivity contribution in [2.75, 3.05) is 50.4 Å². The summed E-state index contributed by atoms with van der Waals surface area (Å²) in [7, 11) is 2.16. The van der Waals surface area contributed by atoms with Gasteiger partial charge in [-0.3, -0.25) is 9.48 Å². The van der Waals surface area contributed by atoms with E-state index >= 15 is 0 Å². The maximum atomic E-state index is 11.9. The fourth-order valence-electron chi connectivity index (χ4n) is 4.12. The second-order valence-electron chi connectivity index (χ2n) is 8.38. The second kappa shape index (κ2) is 10.3. The van der Waals surface area contributed by atoms with Gasteiger partial charge in [0.25, 0.3) is 0 Å². The predicted octanol–water partition coefficient (Wildman–Crippen LogP) is 3.15. The Morgan fingerprint density at radius 2 is 2.03 bits per heavy atom. The average Bonchev–Trinajstić information content (AvgIpc) is 3.23. The van der Waals surface area contributed by atoms with Gasteiger partial charge in [0, 0.05) is 32.3 Å². The van der Waals surface area contributed by atoms with Gasteiger partial charge in [-0.25, -0.2) is 4.98 Å². The first-order chi connectivity index (χ1) is 15.1. The summed E-state index contributed by atoms with van der Waals surface area (Å²) >= 11 is 6.27. The van der Waals surface area contributed by atoms with Gasteiger partial charge >= 0.3 is 0 Å². The van der Waals surface area contributed by atoms with Crippen LogP contribution < -0.4 is 10.6 Å². The summed E-state index contributed by atoms with van der Waals surface area (Å²) in [6.45, 7) is 4.50. The van der Waals surface area contributed by atoms with Crippen molar-refractivity contribution < 1.29 is 4.79 Å². The normalized spacial score (nSPS) is 18.4. The van der Waals surface area contributed by atoms with Gasteiger partial charge in [-0.2, -0.15) is 10.1 Å². The molecule has 2 aliphatic heterocycles. The van der Waals surface area contributed by atoms with Gasteiger partial charge in [-0.05, 0) is 52.2 Å². The number of anilines is 3. The van der Waals surface area contributed by atoms with Gasteiger partial charge in [0.05, 0.1) is 24.1 Å². The highest BCUT2D eigenvalue weighted by Crippen LogP contribution is 2.24. The molecule has 0 bridgehead atoms. The van der Waals surface area contributed by atoms with Crippen LogP contribution in [0.15, 0.2) is 18.6 Å². The highest BCUT2D eigenvalue weighted by molar-refractivity contribution is 6.32. The number of carbonyl (C=O) groups excluding carboxylic acids is 1. The molecule has 0 unspecified atom stereocenters. The van der Waals surface area contributed by atoms with Crippen LogP contribution in [0.5, 0.6) is 0 Å². The maximum absolute atomic E-state index is 11.9. The Balaban J connectivity index is 1.29. The lowest BCUT2D eigenvalue weighted by atomic mass is 10.1. The molecule has 2 aromatic heterocycles. The summed E-state index contributed by atoms with van der Waals surface area (Å²) < 4.78 is 2.03. The van der Waals surface area contributed by atoms with Crippen molar-refractivity contribution in [2.45, 2.75) is 44.6 Å². The molecule has 2 aliphatic rings. The summed E-state index contributed by atoms with van der Waals surface area (Å²) in [6, 6.07) is 0.432. The third-order valence-corrected chi connectivity index (χ3v) is 6.26. The van der Waals surface area contributed by atoms with E-state index in [0.717, 1.165) is 64.0 Å². The minimum atomic E-state index is 0.263. The molecule has 0 aliphatic carbocycles. The molecule has 2 N–H and O–H groups in total. The zero-order chi connectivity index (χ0) is 21.6. The molecule has 4 heterocycles. The summed E-state index contributed by atoms with van der Waals surface area (Å²) in [4.78, 5) is 25.0. The SMILES string of the molecule is CN1CCC(n2cc(Nc3ncc(Cl)c(NCCCN4CCCCC4=O)n3)cn2)CC1. The van der Waals surface area contributed by atoms with Crippen LogP contribution in [0.3, 0.4) is 0 Å². The van der Waals surface area contributed by atoms with Crippen molar-refractivity contribution in [3.8, 4) is 0 Å². The molecule has 1 amide bonds. The first-order valence-corrected chi connectivity index (χ1v) is 11.5. The fourth-order valence-corrected chi connectivity index (χ4v) is 4.27. The van der Waals surface area contributed by atoms with Gasteiger partial charge in [-0.15, -0.1) is 0 Å². The topological polar surface area (TPSA) is 91.2 Å². The summed E-state index contributed by atoms with van der Waals surface area (Å²) in [5.74, 6) is 1.33. The number of hydrogen-bond donors (Lipinski definition) is 2. The Hall–Kier alpha value is -2.39. The molecule has 0 spiro atoms. The van der Waals surface area contributed by atoms with E-state index in [4.69, 9.17) is 11.6 Å². The summed E-state index contributed by atoms with van der Waals surface area (Å²) in [6.07, 6.45) is 11.2. The molecule has 0 aromatic carbocycles. The van der Waals surface area contributed by atoms with Crippen LogP contribution in [0, 0.1) is 0 Å². The lowest BCUT2D eigenvalue weighted by molar-refractivity contribution is -0.133. The molecule has 0 radical (unpaired) electrons. The number of carbonyl (C=O) groups is 1. The Morgan fingerprint density at radius 3 is 2.84 bits per heavy atom. The van der Waals surface area contributed by atoms with E-state index in [1.807, 2.05) is 15.8 Å². The number of nitrogens with zero attached hydrogens (tertiary/aromatic N) is 6. The first-order valence-electron chi connectivity index (χ1n) is 11.1. The van der Waals surface area contributed by atoms with Crippen molar-refractivity contribution in [1.82, 2.24) is 29.5 Å². The Labute approximate surface area is 188 Å². The third-order valence-electron chi connectivity index (χ3n) is 5.98. The van der Waals surface area contributed by atoms with Crippen molar-refractivity contribution in [2.24, 2.45) is 0 Å². The van der Waals surface area contributed by atoms with Crippen LogP contribution in [0.4, 0.5) is 17.5 Å². The third kappa shape index (κ3) is 5.86. The van der Waals surface area contributed by atoms with E-state index in [2.05, 4.69) is 37.6 Å². The zero-order valence-electron chi connectivity index (χ0n) is 18.1. The molecule has 2 fully saturated rings. The smallest absolute Gasteiger partial charge is 0.229 e. The monoisotopic (exact) mass is 446 g/mol. The van der Waals surface area contributed by atoms with Crippen molar-refractivity contribution >= 4 is 35.0 Å². The quantitative estimate of drug-likeness (QED) is 0.602. The molecule has 2 aromatic rings. The largest absolute Gasteiger partial charge is 0.369 e. The van der Waals surface area contributed by atoms with Crippen LogP contribution >= 0.6 is 11.6 Å². The van der Waals surface area contributed by atoms with Gasteiger partial charge in [0.15, 0.2) is 0 Å². The number of aromatic nitrogens is 4. The molecule has 168 valence electrons. The molecular weight excluding hydrogens is 416 g/mol. The predicted molar refractivity (Wildman–Crippen MR) is 122 cm³/mol. The van der Waals surface area contributed by atoms with Gasteiger partial charge in [-0.1, -0.05) is 11.6 Å². The van der Waals surface area contributed by atoms with E-state index in [1.54, 1.807) is 12.4 Å². The minimum absolute atomic E-state index is 0.263. The van der Waals surface area contributed by atoms with Gasteiger partial charge in [0.2, 0.25) is 11.9 Å². The number of piperidine rings is 2. The summed E-state index contributed by atoms with van der Waals surface area (Å²) in [5.41, 5.74) is 0.857. The molecule has 0 atom stereocenters. The van der Waals surface area contributed by atoms with E-state index < -0.39 is 0 Å². The Kier molecular flexibility index (Phi) is 7.24. The number of amides is 1. The molecule has 9 nitrogen and oxygen atoms in total. The summed E-state index contributed by atoms with van der Waals surface area (Å²) in [5, 5.41) is 11.5. The van der Waals surface area contributed by atoms with Crippen molar-refractivity contribution in [1.29, 1.82) is 0 Å². The van der Waals surface area contributed by atoms with Gasteiger partial charge in [0.1, 0.15) is 10.8 Å². The highest BCUT2D eigenvalue weighted by atomic mass is 35.5. The molecule has 10 heteroatoms. The highest BCUT2D eigenvalue weighted by Gasteiger charge is 2.19. The van der Waals surface area contributed by atoms with Crippen LogP contribution in [0.25, 0.3) is 0 Å². The number of rotatable bonds is 8. The van der Waals surface area contributed by atoms with E-state index in [9.17, 15) is 4.79 Å². The molecule has 31 heavy (non-hydrogen) atoms. The Morgan fingerprint density at radius 1 is 1.19 bits per heavy atom. The average molecular weight is 447 g/mol. The molecule has 4 rings (SSSR count). The standard InChI is InChI=1S/C21H31ClN8O/c1-28-11-6-17(7-12-28)30-15-16(13-25-30)26-21-24-14-18(22)20(27-21)23-8-4-10-29-9-3-2-5-19(29)31/h13-15,17H,2-12H2,1H3,(H2,23,24,26,27). The zero-order valence-corrected chi connectivity index (χ0v) is 18.8. The van der Waals surface area contributed by atoms with E-state index in [0.29, 0.717) is 35.8 Å². The number of halogens is 1. The van der Waals surface area contributed by atoms with Gasteiger partial charge < -0.3 is 20.4 Å². The fraction of sp³-hybridized carbons (Fsp3) is 0.619. The van der Waals surface area contributed by atoms with Crippen LogP contribution in [0.1, 0.15) is 44.6 Å². The maximum Gasteiger partial charge on any atom is 0.229 e. The molecular formula is C21H31ClN8O. The minimum Gasteiger partial charge on any atom is -0.369 e. The first kappa shape index (κ1) is 21.8. The second-order valence-corrected chi connectivity index (χ2v) is 8.78. The van der Waals surface area contributed by atoms with Crippen molar-refractivity contribution in [3.05, 3.63) is 23.6 Å². The number of nitrogens with one attached hydrogen (secondary N) is 2.